The molecule has 3 aromatic rings. The monoisotopic (exact) mass is 431 g/mol. The molecule has 0 saturated heterocycles. The molecule has 0 radical (unpaired) electrons. The number of hydrogen-bond acceptors (Lipinski definition) is 3. The zero-order valence-corrected chi connectivity index (χ0v) is 16.6. The van der Waals surface area contributed by atoms with Crippen molar-refractivity contribution in [2.45, 2.75) is 13.3 Å². The molecule has 3 rings (SSSR count). The summed E-state index contributed by atoms with van der Waals surface area (Å²) in [6, 6.07) is 9.91. The molecule has 0 bridgehead atoms. The first-order valence-corrected chi connectivity index (χ1v) is 9.43. The van der Waals surface area contributed by atoms with Gasteiger partial charge in [-0.05, 0) is 41.2 Å². The summed E-state index contributed by atoms with van der Waals surface area (Å²) in [5.74, 6) is 0.574. The molecule has 0 aliphatic rings. The van der Waals surface area contributed by atoms with Crippen molar-refractivity contribution in [1.82, 2.24) is 4.57 Å². The van der Waals surface area contributed by atoms with Gasteiger partial charge in [0.15, 0.2) is 5.43 Å². The minimum Gasteiger partial charge on any atom is -0.497 e. The third kappa shape index (κ3) is 3.76. The van der Waals surface area contributed by atoms with Crippen LogP contribution < -0.4 is 14.9 Å². The molecule has 1 heterocycles. The molecular weight excluding hydrogens is 413 g/mol. The van der Waals surface area contributed by atoms with Crippen molar-refractivity contribution in [2.24, 2.45) is 0 Å². The van der Waals surface area contributed by atoms with Crippen molar-refractivity contribution in [3.05, 3.63) is 63.6 Å². The van der Waals surface area contributed by atoms with Gasteiger partial charge in [-0.25, -0.2) is 4.39 Å². The molecule has 0 unspecified atom stereocenters. The minimum atomic E-state index is -0.578. The predicted molar refractivity (Wildman–Crippen MR) is 110 cm³/mol. The van der Waals surface area contributed by atoms with Crippen LogP contribution in [0.3, 0.4) is 0 Å². The maximum atomic E-state index is 14.7. The van der Waals surface area contributed by atoms with Crippen molar-refractivity contribution in [1.29, 1.82) is 0 Å². The van der Waals surface area contributed by atoms with Crippen molar-refractivity contribution >= 4 is 33.0 Å². The summed E-state index contributed by atoms with van der Waals surface area (Å²) >= 11 is 3.26. The molecule has 0 atom stereocenters. The van der Waals surface area contributed by atoms with Crippen molar-refractivity contribution in [3.63, 3.8) is 0 Å². The second kappa shape index (κ2) is 8.39. The van der Waals surface area contributed by atoms with E-state index in [1.165, 1.54) is 6.07 Å². The lowest BCUT2D eigenvalue weighted by atomic mass is 10.0. The summed E-state index contributed by atoms with van der Waals surface area (Å²) in [5.41, 5.74) is 1.09. The number of methoxy groups -OCH3 is 1. The fourth-order valence-electron chi connectivity index (χ4n) is 2.90. The second-order valence-corrected chi connectivity index (χ2v) is 6.43. The Balaban J connectivity index is 2.32. The standard InChI is InChI=1S/C21H19BrFNO3/c1-3-12-27-18-9-8-17(23)19-20(18)24(11-10-22)13-16(21(19)25)14-4-6-15(26-2)7-5-14/h4-11,13H,3,12H2,1-2H3. The molecule has 2 aromatic carbocycles. The molecule has 0 aliphatic carbocycles. The summed E-state index contributed by atoms with van der Waals surface area (Å²) in [4.78, 5) is 14.8. The van der Waals surface area contributed by atoms with Crippen LogP contribution in [0.4, 0.5) is 4.39 Å². The first kappa shape index (κ1) is 19.2. The van der Waals surface area contributed by atoms with Gasteiger partial charge in [-0.2, -0.15) is 0 Å². The average molecular weight is 432 g/mol. The third-order valence-electron chi connectivity index (χ3n) is 4.17. The van der Waals surface area contributed by atoms with Gasteiger partial charge in [0, 0.05) is 18.0 Å². The molecule has 27 heavy (non-hydrogen) atoms. The Kier molecular flexibility index (Phi) is 5.96. The van der Waals surface area contributed by atoms with Crippen LogP contribution in [-0.2, 0) is 0 Å². The fraction of sp³-hybridized carbons (Fsp3) is 0.190. The summed E-state index contributed by atoms with van der Waals surface area (Å²) in [7, 11) is 1.58. The van der Waals surface area contributed by atoms with E-state index in [1.807, 2.05) is 6.92 Å². The van der Waals surface area contributed by atoms with Gasteiger partial charge in [0.1, 0.15) is 22.8 Å². The van der Waals surface area contributed by atoms with Crippen molar-refractivity contribution in [3.8, 4) is 22.6 Å². The van der Waals surface area contributed by atoms with E-state index < -0.39 is 5.82 Å². The first-order chi connectivity index (χ1) is 13.1. The van der Waals surface area contributed by atoms with Crippen LogP contribution in [0.1, 0.15) is 13.3 Å². The van der Waals surface area contributed by atoms with E-state index in [0.717, 1.165) is 6.42 Å². The molecule has 0 fully saturated rings. The average Bonchev–Trinajstić information content (AvgIpc) is 2.69. The number of pyridine rings is 1. The minimum absolute atomic E-state index is 0.00233. The Hall–Kier alpha value is -2.60. The van der Waals surface area contributed by atoms with Gasteiger partial charge < -0.3 is 14.0 Å². The highest BCUT2D eigenvalue weighted by molar-refractivity contribution is 9.11. The maximum absolute atomic E-state index is 14.7. The van der Waals surface area contributed by atoms with Crippen molar-refractivity contribution in [2.75, 3.05) is 13.7 Å². The molecule has 0 spiro atoms. The van der Waals surface area contributed by atoms with E-state index in [4.69, 9.17) is 9.47 Å². The van der Waals surface area contributed by atoms with Crippen LogP contribution in [0.2, 0.25) is 0 Å². The fourth-order valence-corrected chi connectivity index (χ4v) is 3.15. The molecule has 0 N–H and O–H groups in total. The molecule has 1 aromatic heterocycles. The van der Waals surface area contributed by atoms with Gasteiger partial charge in [0.25, 0.3) is 0 Å². The van der Waals surface area contributed by atoms with Gasteiger partial charge in [0.2, 0.25) is 0 Å². The number of ether oxygens (including phenoxy) is 2. The molecule has 4 nitrogen and oxygen atoms in total. The lowest BCUT2D eigenvalue weighted by Crippen LogP contribution is -2.13. The molecule has 6 heteroatoms. The van der Waals surface area contributed by atoms with Crippen LogP contribution in [0, 0.1) is 5.82 Å². The largest absolute Gasteiger partial charge is 0.497 e. The molecule has 140 valence electrons. The number of rotatable bonds is 6. The van der Waals surface area contributed by atoms with Gasteiger partial charge in [0.05, 0.1) is 19.1 Å². The third-order valence-corrected chi connectivity index (χ3v) is 4.40. The van der Waals surface area contributed by atoms with Crippen LogP contribution in [0.25, 0.3) is 28.2 Å². The Morgan fingerprint density at radius 3 is 2.56 bits per heavy atom. The van der Waals surface area contributed by atoms with E-state index in [2.05, 4.69) is 15.9 Å². The maximum Gasteiger partial charge on any atom is 0.200 e. The Morgan fingerprint density at radius 2 is 1.93 bits per heavy atom. The smallest absolute Gasteiger partial charge is 0.200 e. The van der Waals surface area contributed by atoms with Crippen molar-refractivity contribution < 1.29 is 13.9 Å². The van der Waals surface area contributed by atoms with E-state index in [1.54, 1.807) is 59.4 Å². The van der Waals surface area contributed by atoms with Crippen LogP contribution in [0.5, 0.6) is 11.5 Å². The van der Waals surface area contributed by atoms with Gasteiger partial charge >= 0.3 is 0 Å². The van der Waals surface area contributed by atoms with Crippen LogP contribution in [0.15, 0.2) is 52.4 Å². The molecular formula is C21H19BrFNO3. The van der Waals surface area contributed by atoms with Gasteiger partial charge in [-0.3, -0.25) is 4.79 Å². The Bertz CT molecular complexity index is 1040. The number of aromatic nitrogens is 1. The molecule has 0 amide bonds. The molecule has 0 aliphatic heterocycles. The van der Waals surface area contributed by atoms with E-state index in [0.29, 0.717) is 34.7 Å². The van der Waals surface area contributed by atoms with E-state index in [9.17, 15) is 9.18 Å². The van der Waals surface area contributed by atoms with Crippen LogP contribution in [-0.4, -0.2) is 18.3 Å². The van der Waals surface area contributed by atoms with E-state index in [-0.39, 0.29) is 10.8 Å². The zero-order chi connectivity index (χ0) is 19.4. The summed E-state index contributed by atoms with van der Waals surface area (Å²) in [5, 5.41) is 0.00233. The lowest BCUT2D eigenvalue weighted by molar-refractivity contribution is 0.320. The highest BCUT2D eigenvalue weighted by atomic mass is 79.9. The number of nitrogens with zero attached hydrogens (tertiary/aromatic N) is 1. The summed E-state index contributed by atoms with van der Waals surface area (Å²) in [6.07, 6.45) is 4.19. The number of halogens is 2. The first-order valence-electron chi connectivity index (χ1n) is 8.52. The number of hydrogen-bond donors (Lipinski definition) is 0. The molecule has 0 saturated carbocycles. The number of benzene rings is 2. The highest BCUT2D eigenvalue weighted by Gasteiger charge is 2.17. The topological polar surface area (TPSA) is 40.5 Å². The summed E-state index contributed by atoms with van der Waals surface area (Å²) in [6.45, 7) is 2.46. The van der Waals surface area contributed by atoms with Gasteiger partial charge in [-0.1, -0.05) is 35.0 Å². The number of fused-ring (bicyclic) bond motifs is 1. The van der Waals surface area contributed by atoms with E-state index >= 15 is 0 Å². The normalized spacial score (nSPS) is 11.3. The van der Waals surface area contributed by atoms with Gasteiger partial charge in [-0.15, -0.1) is 0 Å². The Morgan fingerprint density at radius 1 is 1.19 bits per heavy atom. The van der Waals surface area contributed by atoms with Crippen LogP contribution >= 0.6 is 15.9 Å². The SMILES string of the molecule is CCCOc1ccc(F)c2c(=O)c(-c3ccc(OC)cc3)cn(C=CBr)c12. The Labute approximate surface area is 165 Å². The highest BCUT2D eigenvalue weighted by Crippen LogP contribution is 2.30. The second-order valence-electron chi connectivity index (χ2n) is 5.90. The summed E-state index contributed by atoms with van der Waals surface area (Å²) < 4.78 is 27.3. The zero-order valence-electron chi connectivity index (χ0n) is 15.0. The lowest BCUT2D eigenvalue weighted by Gasteiger charge is -2.15. The predicted octanol–water partition coefficient (Wildman–Crippen LogP) is 5.43. The quantitative estimate of drug-likeness (QED) is 0.522.